The van der Waals surface area contributed by atoms with Crippen molar-refractivity contribution in [2.75, 3.05) is 6.61 Å². The van der Waals surface area contributed by atoms with Crippen LogP contribution in [0.2, 0.25) is 0 Å². The van der Waals surface area contributed by atoms with Crippen LogP contribution in [-0.4, -0.2) is 60.0 Å². The first kappa shape index (κ1) is 17.7. The number of rotatable bonds is 4. The summed E-state index contributed by atoms with van der Waals surface area (Å²) in [6.45, 7) is 3.05. The number of fused-ring (bicyclic) bond motifs is 2. The summed E-state index contributed by atoms with van der Waals surface area (Å²) >= 11 is 0. The molecule has 0 saturated carbocycles. The number of hydrogen-bond donors (Lipinski definition) is 3. The molecule has 0 bridgehead atoms. The lowest BCUT2D eigenvalue weighted by atomic mass is 10.1. The number of aromatic nitrogens is 4. The van der Waals surface area contributed by atoms with Crippen LogP contribution in [0.3, 0.4) is 0 Å². The summed E-state index contributed by atoms with van der Waals surface area (Å²) in [5.41, 5.74) is 0.0386. The van der Waals surface area contributed by atoms with E-state index in [0.29, 0.717) is 5.65 Å². The van der Waals surface area contributed by atoms with Gasteiger partial charge in [-0.3, -0.25) is 13.9 Å². The summed E-state index contributed by atoms with van der Waals surface area (Å²) < 4.78 is 34.7. The molecular formula is C13H17N4O8P. The maximum Gasteiger partial charge on any atom is 0.469 e. The van der Waals surface area contributed by atoms with E-state index in [-0.39, 0.29) is 12.1 Å². The van der Waals surface area contributed by atoms with E-state index in [9.17, 15) is 9.36 Å². The zero-order valence-electron chi connectivity index (χ0n) is 13.8. The van der Waals surface area contributed by atoms with Crippen molar-refractivity contribution in [1.82, 2.24) is 19.5 Å². The lowest BCUT2D eigenvalue weighted by Gasteiger charge is -2.24. The van der Waals surface area contributed by atoms with Gasteiger partial charge in [-0.15, -0.1) is 0 Å². The Hall–Kier alpha value is -1.66. The van der Waals surface area contributed by atoms with E-state index in [0.717, 1.165) is 0 Å². The third-order valence-electron chi connectivity index (χ3n) is 4.17. The molecule has 2 aromatic rings. The maximum atomic E-state index is 11.8. The van der Waals surface area contributed by atoms with Crippen LogP contribution in [0.5, 0.6) is 0 Å². The number of nitrogens with one attached hydrogen (secondary N) is 1. The molecule has 4 atom stereocenters. The number of aromatic amines is 1. The van der Waals surface area contributed by atoms with Crippen molar-refractivity contribution in [1.29, 1.82) is 0 Å². The number of imidazole rings is 1. The van der Waals surface area contributed by atoms with E-state index in [2.05, 4.69) is 19.5 Å². The monoisotopic (exact) mass is 388 g/mol. The molecule has 2 saturated heterocycles. The Bertz CT molecular complexity index is 936. The molecule has 4 rings (SSSR count). The molecule has 142 valence electrons. The van der Waals surface area contributed by atoms with E-state index < -0.39 is 43.7 Å². The van der Waals surface area contributed by atoms with Gasteiger partial charge in [0.25, 0.3) is 5.56 Å². The van der Waals surface area contributed by atoms with Gasteiger partial charge in [0.15, 0.2) is 23.2 Å². The Morgan fingerprint density at radius 3 is 2.81 bits per heavy atom. The highest BCUT2D eigenvalue weighted by Crippen LogP contribution is 2.45. The molecule has 0 aromatic carbocycles. The molecule has 2 fully saturated rings. The minimum absolute atomic E-state index is 0.140. The van der Waals surface area contributed by atoms with E-state index in [1.807, 2.05) is 0 Å². The summed E-state index contributed by atoms with van der Waals surface area (Å²) in [4.78, 5) is 40.3. The smallest absolute Gasteiger partial charge is 0.347 e. The van der Waals surface area contributed by atoms with Crippen LogP contribution < -0.4 is 5.56 Å². The Labute approximate surface area is 146 Å². The van der Waals surface area contributed by atoms with Gasteiger partial charge in [0.05, 0.1) is 19.3 Å². The van der Waals surface area contributed by atoms with Crippen molar-refractivity contribution >= 4 is 19.0 Å². The van der Waals surface area contributed by atoms with Crippen LogP contribution in [0, 0.1) is 0 Å². The molecule has 2 aliphatic heterocycles. The average Bonchev–Trinajstić information content (AvgIpc) is 3.16. The molecule has 13 heteroatoms. The summed E-state index contributed by atoms with van der Waals surface area (Å²) in [6.07, 6.45) is -0.130. The molecule has 0 spiro atoms. The highest BCUT2D eigenvalue weighted by atomic mass is 31.2. The van der Waals surface area contributed by atoms with E-state index in [4.69, 9.17) is 24.0 Å². The van der Waals surface area contributed by atoms with Crippen LogP contribution in [0.25, 0.3) is 11.2 Å². The SMILES string of the molecule is CC1(C)OC2C(O1)[C@@H](COP(=O)(O)O)O[C@H]2n1cnc2c(=O)[nH]cnc21. The molecule has 4 heterocycles. The van der Waals surface area contributed by atoms with Gasteiger partial charge >= 0.3 is 7.82 Å². The second kappa shape index (κ2) is 5.92. The molecule has 2 aliphatic rings. The van der Waals surface area contributed by atoms with Crippen molar-refractivity contribution < 1.29 is 33.1 Å². The molecule has 3 N–H and O–H groups in total. The van der Waals surface area contributed by atoms with Crippen LogP contribution in [0.15, 0.2) is 17.4 Å². The number of hydrogen-bond acceptors (Lipinski definition) is 8. The highest BCUT2D eigenvalue weighted by Gasteiger charge is 2.56. The maximum absolute atomic E-state index is 11.8. The van der Waals surface area contributed by atoms with Crippen molar-refractivity contribution in [2.45, 2.75) is 44.2 Å². The summed E-state index contributed by atoms with van der Waals surface area (Å²) in [7, 11) is -4.67. The van der Waals surface area contributed by atoms with Crippen LogP contribution in [-0.2, 0) is 23.3 Å². The largest absolute Gasteiger partial charge is 0.469 e. The predicted molar refractivity (Wildman–Crippen MR) is 83.9 cm³/mol. The minimum atomic E-state index is -4.67. The second-order valence-corrected chi connectivity index (χ2v) is 7.71. The molecule has 0 amide bonds. The Morgan fingerprint density at radius 1 is 1.35 bits per heavy atom. The lowest BCUT2D eigenvalue weighted by Crippen LogP contribution is -2.32. The number of H-pyrrole nitrogens is 1. The standard InChI is InChI=1S/C13H17N4O8P/c1-13(2)24-8-6(3-22-26(19,20)21)23-12(9(8)25-13)17-5-16-7-10(17)14-4-15-11(7)18/h4-6,8-9,12H,3H2,1-2H3,(H,14,15,18)(H2,19,20,21)/t6-,8?,9?,12-/m1/s1. The lowest BCUT2D eigenvalue weighted by molar-refractivity contribution is -0.199. The fourth-order valence-electron chi connectivity index (χ4n) is 3.24. The van der Waals surface area contributed by atoms with Gasteiger partial charge in [0.2, 0.25) is 0 Å². The van der Waals surface area contributed by atoms with E-state index in [1.54, 1.807) is 13.8 Å². The quantitative estimate of drug-likeness (QED) is 0.591. The first-order valence-corrected chi connectivity index (χ1v) is 9.29. The van der Waals surface area contributed by atoms with Crippen molar-refractivity contribution in [3.05, 3.63) is 23.0 Å². The molecule has 0 aliphatic carbocycles. The third-order valence-corrected chi connectivity index (χ3v) is 4.66. The molecule has 26 heavy (non-hydrogen) atoms. The van der Waals surface area contributed by atoms with E-state index in [1.165, 1.54) is 17.2 Å². The fourth-order valence-corrected chi connectivity index (χ4v) is 3.58. The zero-order valence-corrected chi connectivity index (χ0v) is 14.7. The second-order valence-electron chi connectivity index (χ2n) is 6.47. The topological polar surface area (TPSA) is 158 Å². The number of phosphoric acid groups is 1. The van der Waals surface area contributed by atoms with Crippen molar-refractivity contribution in [3.63, 3.8) is 0 Å². The van der Waals surface area contributed by atoms with Crippen LogP contribution >= 0.6 is 7.82 Å². The fraction of sp³-hybridized carbons (Fsp3) is 0.615. The normalized spacial score (nSPS) is 30.8. The van der Waals surface area contributed by atoms with Gasteiger partial charge in [-0.1, -0.05) is 0 Å². The number of phosphoric ester groups is 1. The van der Waals surface area contributed by atoms with Crippen LogP contribution in [0.1, 0.15) is 20.1 Å². The molecule has 12 nitrogen and oxygen atoms in total. The molecule has 2 aromatic heterocycles. The van der Waals surface area contributed by atoms with Gasteiger partial charge in [0.1, 0.15) is 18.3 Å². The van der Waals surface area contributed by atoms with Gasteiger partial charge in [-0.05, 0) is 13.8 Å². The summed E-state index contributed by atoms with van der Waals surface area (Å²) in [5, 5.41) is 0. The van der Waals surface area contributed by atoms with Gasteiger partial charge in [-0.25, -0.2) is 14.5 Å². The molecular weight excluding hydrogens is 371 g/mol. The van der Waals surface area contributed by atoms with Gasteiger partial charge < -0.3 is 29.0 Å². The summed E-state index contributed by atoms with van der Waals surface area (Å²) in [6, 6.07) is 0. The zero-order chi connectivity index (χ0) is 18.7. The number of ether oxygens (including phenoxy) is 3. The number of nitrogens with zero attached hydrogens (tertiary/aromatic N) is 3. The predicted octanol–water partition coefficient (Wildman–Crippen LogP) is -0.354. The van der Waals surface area contributed by atoms with Gasteiger partial charge in [-0.2, -0.15) is 0 Å². The van der Waals surface area contributed by atoms with Crippen molar-refractivity contribution in [2.24, 2.45) is 0 Å². The first-order chi connectivity index (χ1) is 12.1. The molecule has 0 radical (unpaired) electrons. The molecule has 2 unspecified atom stereocenters. The highest BCUT2D eigenvalue weighted by molar-refractivity contribution is 7.46. The average molecular weight is 388 g/mol. The van der Waals surface area contributed by atoms with E-state index >= 15 is 0 Å². The minimum Gasteiger partial charge on any atom is -0.347 e. The Kier molecular flexibility index (Phi) is 4.04. The Morgan fingerprint density at radius 2 is 2.08 bits per heavy atom. The Balaban J connectivity index is 1.68. The van der Waals surface area contributed by atoms with Gasteiger partial charge in [0, 0.05) is 0 Å². The van der Waals surface area contributed by atoms with Crippen molar-refractivity contribution in [3.8, 4) is 0 Å². The third kappa shape index (κ3) is 3.09. The summed E-state index contributed by atoms with van der Waals surface area (Å²) in [5.74, 6) is -0.918. The van der Waals surface area contributed by atoms with Crippen LogP contribution in [0.4, 0.5) is 0 Å². The first-order valence-electron chi connectivity index (χ1n) is 7.76.